The van der Waals surface area contributed by atoms with Crippen LogP contribution in [0.4, 0.5) is 13.2 Å². The van der Waals surface area contributed by atoms with Crippen molar-refractivity contribution in [1.29, 1.82) is 0 Å². The second-order valence-corrected chi connectivity index (χ2v) is 9.54. The third-order valence-corrected chi connectivity index (χ3v) is 6.89. The number of hydrogen-bond acceptors (Lipinski definition) is 4. The van der Waals surface area contributed by atoms with Gasteiger partial charge in [0.1, 0.15) is 5.69 Å². The summed E-state index contributed by atoms with van der Waals surface area (Å²) >= 11 is 7.86. The van der Waals surface area contributed by atoms with Crippen LogP contribution in [0.15, 0.2) is 60.1 Å². The van der Waals surface area contributed by atoms with Gasteiger partial charge in [0.2, 0.25) is 0 Å². The Bertz CT molecular complexity index is 1170. The Labute approximate surface area is 202 Å². The Morgan fingerprint density at radius 1 is 1.09 bits per heavy atom. The lowest BCUT2D eigenvalue weighted by Gasteiger charge is -2.38. The topological polar surface area (TPSA) is 65.8 Å². The molecule has 0 aliphatic carbocycles. The highest BCUT2D eigenvalue weighted by molar-refractivity contribution is 7.09. The van der Waals surface area contributed by atoms with Crippen LogP contribution in [0, 0.1) is 0 Å². The van der Waals surface area contributed by atoms with Gasteiger partial charge in [-0.1, -0.05) is 29.8 Å². The molecule has 1 saturated heterocycles. The Kier molecular flexibility index (Phi) is 7.01. The van der Waals surface area contributed by atoms with Crippen LogP contribution in [0.25, 0.3) is 0 Å². The van der Waals surface area contributed by atoms with Crippen LogP contribution in [0.2, 0.25) is 5.02 Å². The smallest absolute Gasteiger partial charge is 0.475 e. The predicted octanol–water partition coefficient (Wildman–Crippen LogP) is 4.92. The van der Waals surface area contributed by atoms with E-state index in [9.17, 15) is 18.0 Å². The molecule has 0 radical (unpaired) electrons. The maximum absolute atomic E-state index is 13.1. The van der Waals surface area contributed by atoms with Gasteiger partial charge < -0.3 is 14.6 Å². The number of thiophene rings is 1. The fourth-order valence-electron chi connectivity index (χ4n) is 4.37. The van der Waals surface area contributed by atoms with Crippen molar-refractivity contribution in [3.63, 3.8) is 0 Å². The van der Waals surface area contributed by atoms with Crippen LogP contribution in [-0.2, 0) is 17.9 Å². The first-order chi connectivity index (χ1) is 16.1. The van der Waals surface area contributed by atoms with Gasteiger partial charge in [-0.3, -0.25) is 9.69 Å². The predicted molar refractivity (Wildman–Crippen MR) is 122 cm³/mol. The lowest BCUT2D eigenvalue weighted by atomic mass is 10.1. The number of carbonyl (C=O) groups excluding carboxylic acids is 1. The molecule has 34 heavy (non-hydrogen) atoms. The summed E-state index contributed by atoms with van der Waals surface area (Å²) in [7, 11) is 0. The summed E-state index contributed by atoms with van der Waals surface area (Å²) in [6.07, 6.45) is -3.03. The van der Waals surface area contributed by atoms with Gasteiger partial charge in [-0.25, -0.2) is 4.79 Å². The number of nitrogens with zero attached hydrogens (tertiary/aromatic N) is 3. The van der Waals surface area contributed by atoms with E-state index >= 15 is 0 Å². The fraction of sp³-hybridized carbons (Fsp3) is 0.304. The molecule has 1 aromatic carbocycles. The highest BCUT2D eigenvalue weighted by Crippen LogP contribution is 2.35. The number of halogens is 4. The van der Waals surface area contributed by atoms with Crippen molar-refractivity contribution in [2.24, 2.45) is 0 Å². The molecule has 0 spiro atoms. The first kappa shape index (κ1) is 24.3. The number of aromatic nitrogens is 1. The van der Waals surface area contributed by atoms with Crippen molar-refractivity contribution in [3.8, 4) is 0 Å². The molecule has 3 aromatic rings. The van der Waals surface area contributed by atoms with Gasteiger partial charge in [-0.2, -0.15) is 13.2 Å². The zero-order valence-electron chi connectivity index (χ0n) is 17.8. The minimum atomic E-state index is -5.08. The standard InChI is InChI=1S/C21H20ClN3OS.C2HF3O2/c22-16-5-1-4-15(10-16)11-23-13-19-20(14-23)25(12-17-6-3-9-27-17)21(26)18-7-2-8-24(18)19;3-2(4,5)1(6)7/h1-10,19-20H,11-14H2;(H,6,7)/t19-,20+;/m0./s1. The molecule has 0 saturated carbocycles. The van der Waals surface area contributed by atoms with Crippen molar-refractivity contribution >= 4 is 34.8 Å². The third kappa shape index (κ3) is 5.29. The minimum absolute atomic E-state index is 0.138. The van der Waals surface area contributed by atoms with Crippen molar-refractivity contribution in [3.05, 3.63) is 81.3 Å². The highest BCUT2D eigenvalue weighted by atomic mass is 35.5. The number of alkyl halides is 3. The van der Waals surface area contributed by atoms with Crippen LogP contribution in [0.3, 0.4) is 0 Å². The second-order valence-electron chi connectivity index (χ2n) is 8.07. The first-order valence-corrected chi connectivity index (χ1v) is 11.7. The second kappa shape index (κ2) is 9.81. The highest BCUT2D eigenvalue weighted by Gasteiger charge is 2.44. The van der Waals surface area contributed by atoms with E-state index in [0.29, 0.717) is 12.6 Å². The molecule has 5 rings (SSSR count). The van der Waals surface area contributed by atoms with E-state index in [1.54, 1.807) is 11.3 Å². The van der Waals surface area contributed by atoms with E-state index in [-0.39, 0.29) is 11.9 Å². The van der Waals surface area contributed by atoms with Crippen LogP contribution in [0.1, 0.15) is 27.0 Å². The number of carboxylic acid groups (broad SMARTS) is 1. The molecule has 6 nitrogen and oxygen atoms in total. The molecule has 1 amide bonds. The number of amides is 1. The van der Waals surface area contributed by atoms with Crippen molar-refractivity contribution < 1.29 is 27.9 Å². The van der Waals surface area contributed by atoms with Crippen LogP contribution >= 0.6 is 22.9 Å². The maximum atomic E-state index is 13.1. The third-order valence-electron chi connectivity index (χ3n) is 5.80. The molecule has 4 heterocycles. The lowest BCUT2D eigenvalue weighted by molar-refractivity contribution is -0.192. The molecule has 0 bridgehead atoms. The molecule has 1 N–H and O–H groups in total. The molecule has 0 unspecified atom stereocenters. The summed E-state index contributed by atoms with van der Waals surface area (Å²) in [6, 6.07) is 16.6. The molecule has 2 atom stereocenters. The normalized spacial score (nSPS) is 19.9. The molecule has 2 aliphatic heterocycles. The quantitative estimate of drug-likeness (QED) is 0.540. The summed E-state index contributed by atoms with van der Waals surface area (Å²) in [6.45, 7) is 3.36. The molecule has 11 heteroatoms. The Balaban J connectivity index is 0.000000344. The van der Waals surface area contributed by atoms with E-state index < -0.39 is 12.1 Å². The van der Waals surface area contributed by atoms with Gasteiger partial charge in [0.25, 0.3) is 5.91 Å². The molecule has 1 fully saturated rings. The lowest BCUT2D eigenvalue weighted by Crippen LogP contribution is -2.49. The average molecular weight is 512 g/mol. The number of fused-ring (bicyclic) bond motifs is 3. The van der Waals surface area contributed by atoms with Gasteiger partial charge >= 0.3 is 12.1 Å². The average Bonchev–Trinajstić information content (AvgIpc) is 3.51. The molecule has 180 valence electrons. The van der Waals surface area contributed by atoms with Crippen molar-refractivity contribution in [2.75, 3.05) is 13.1 Å². The summed E-state index contributed by atoms with van der Waals surface area (Å²) in [5, 5.41) is 9.97. The summed E-state index contributed by atoms with van der Waals surface area (Å²) in [5.74, 6) is -2.62. The number of carbonyl (C=O) groups is 2. The van der Waals surface area contributed by atoms with Crippen LogP contribution < -0.4 is 0 Å². The van der Waals surface area contributed by atoms with Gasteiger partial charge in [0.15, 0.2) is 0 Å². The largest absolute Gasteiger partial charge is 0.490 e. The summed E-state index contributed by atoms with van der Waals surface area (Å²) in [4.78, 5) is 27.8. The Hall–Kier alpha value is -2.82. The van der Waals surface area contributed by atoms with Gasteiger partial charge in [-0.05, 0) is 41.3 Å². The molecule has 2 aliphatic rings. The molecule has 2 aromatic heterocycles. The first-order valence-electron chi connectivity index (χ1n) is 10.4. The van der Waals surface area contributed by atoms with Gasteiger partial charge in [0.05, 0.1) is 18.6 Å². The number of benzene rings is 1. The number of hydrogen-bond donors (Lipinski definition) is 1. The molecular weight excluding hydrogens is 491 g/mol. The molecular formula is C23H21ClF3N3O3S. The van der Waals surface area contributed by atoms with Crippen molar-refractivity contribution in [2.45, 2.75) is 31.3 Å². The van der Waals surface area contributed by atoms with Crippen LogP contribution in [-0.4, -0.2) is 56.7 Å². The van der Waals surface area contributed by atoms with E-state index in [1.807, 2.05) is 30.3 Å². The minimum Gasteiger partial charge on any atom is -0.475 e. The zero-order valence-corrected chi connectivity index (χ0v) is 19.4. The SMILES string of the molecule is O=C(O)C(F)(F)F.O=C1c2cccn2[C@H]2CN(Cc3cccc(Cl)c3)C[C@H]2N1Cc1cccs1. The monoisotopic (exact) mass is 511 g/mol. The number of aliphatic carboxylic acids is 1. The maximum Gasteiger partial charge on any atom is 0.490 e. The van der Waals surface area contributed by atoms with E-state index in [2.05, 4.69) is 44.1 Å². The summed E-state index contributed by atoms with van der Waals surface area (Å²) in [5.41, 5.74) is 2.02. The fourth-order valence-corrected chi connectivity index (χ4v) is 5.29. The van der Waals surface area contributed by atoms with Crippen LogP contribution in [0.5, 0.6) is 0 Å². The van der Waals surface area contributed by atoms with Gasteiger partial charge in [0, 0.05) is 35.7 Å². The number of likely N-dealkylation sites (tertiary alicyclic amines) is 1. The van der Waals surface area contributed by atoms with E-state index in [0.717, 1.165) is 30.4 Å². The van der Waals surface area contributed by atoms with Gasteiger partial charge in [-0.15, -0.1) is 11.3 Å². The van der Waals surface area contributed by atoms with E-state index in [1.165, 1.54) is 10.4 Å². The Morgan fingerprint density at radius 3 is 2.47 bits per heavy atom. The van der Waals surface area contributed by atoms with Crippen molar-refractivity contribution in [1.82, 2.24) is 14.4 Å². The Morgan fingerprint density at radius 2 is 1.82 bits per heavy atom. The van der Waals surface area contributed by atoms with E-state index in [4.69, 9.17) is 21.5 Å². The number of rotatable bonds is 4. The summed E-state index contributed by atoms with van der Waals surface area (Å²) < 4.78 is 33.9. The zero-order chi connectivity index (χ0) is 24.5. The number of carboxylic acids is 1.